The highest BCUT2D eigenvalue weighted by molar-refractivity contribution is 7.80. The van der Waals surface area contributed by atoms with Crippen molar-refractivity contribution < 1.29 is 15.0 Å². The molecule has 0 aromatic heterocycles. The van der Waals surface area contributed by atoms with E-state index in [1.165, 1.54) is 17.0 Å². The van der Waals surface area contributed by atoms with Gasteiger partial charge < -0.3 is 15.1 Å². The van der Waals surface area contributed by atoms with Crippen molar-refractivity contribution in [3.05, 3.63) is 58.7 Å². The molecular formula is C17H13ClN2O3S. The fourth-order valence-corrected chi connectivity index (χ4v) is 2.88. The van der Waals surface area contributed by atoms with Gasteiger partial charge in [0.05, 0.1) is 5.69 Å². The maximum absolute atomic E-state index is 12.8. The fourth-order valence-electron chi connectivity index (χ4n) is 2.41. The van der Waals surface area contributed by atoms with Crippen molar-refractivity contribution in [2.75, 3.05) is 11.9 Å². The molecule has 0 bridgehead atoms. The lowest BCUT2D eigenvalue weighted by Crippen LogP contribution is -2.31. The molecule has 2 aromatic rings. The SMILES string of the molecule is CN1C(=S)N(c2cccc(Cl)c2)C(=O)/C1=C/c1cccc(O)c1O. The molecule has 1 aliphatic heterocycles. The summed E-state index contributed by atoms with van der Waals surface area (Å²) in [5.41, 5.74) is 1.16. The molecule has 24 heavy (non-hydrogen) atoms. The lowest BCUT2D eigenvalue weighted by Gasteiger charge is -2.16. The summed E-state index contributed by atoms with van der Waals surface area (Å²) in [7, 11) is 1.66. The molecule has 122 valence electrons. The zero-order valence-electron chi connectivity index (χ0n) is 12.6. The second-order valence-corrected chi connectivity index (χ2v) is 6.01. The molecule has 2 N–H and O–H groups in total. The Hall–Kier alpha value is -2.57. The third kappa shape index (κ3) is 2.70. The Labute approximate surface area is 149 Å². The number of phenolic OH excluding ortho intramolecular Hbond substituents is 2. The Balaban J connectivity index is 2.05. The highest BCUT2D eigenvalue weighted by atomic mass is 35.5. The normalized spacial score (nSPS) is 16.3. The number of carbonyl (C=O) groups excluding carboxylic acids is 1. The van der Waals surface area contributed by atoms with E-state index in [0.29, 0.717) is 21.4 Å². The molecule has 0 aliphatic carbocycles. The molecular weight excluding hydrogens is 348 g/mol. The third-order valence-corrected chi connectivity index (χ3v) is 4.36. The van der Waals surface area contributed by atoms with E-state index in [1.807, 2.05) is 0 Å². The summed E-state index contributed by atoms with van der Waals surface area (Å²) in [6.07, 6.45) is 1.48. The summed E-state index contributed by atoms with van der Waals surface area (Å²) in [4.78, 5) is 15.7. The van der Waals surface area contributed by atoms with E-state index in [1.54, 1.807) is 48.3 Å². The number of thiocarbonyl (C=S) groups is 1. The van der Waals surface area contributed by atoms with E-state index in [9.17, 15) is 15.0 Å². The van der Waals surface area contributed by atoms with Crippen LogP contribution in [0.25, 0.3) is 6.08 Å². The topological polar surface area (TPSA) is 64.0 Å². The van der Waals surface area contributed by atoms with E-state index in [-0.39, 0.29) is 23.1 Å². The number of amides is 1. The van der Waals surface area contributed by atoms with Crippen LogP contribution in [-0.2, 0) is 4.79 Å². The predicted octanol–water partition coefficient (Wildman–Crippen LogP) is 3.36. The fraction of sp³-hybridized carbons (Fsp3) is 0.0588. The monoisotopic (exact) mass is 360 g/mol. The molecule has 1 saturated heterocycles. The number of hydrogen-bond acceptors (Lipinski definition) is 4. The largest absolute Gasteiger partial charge is 0.504 e. The van der Waals surface area contributed by atoms with E-state index in [0.717, 1.165) is 0 Å². The van der Waals surface area contributed by atoms with Crippen molar-refractivity contribution in [1.29, 1.82) is 0 Å². The number of carbonyl (C=O) groups is 1. The second-order valence-electron chi connectivity index (χ2n) is 5.21. The van der Waals surface area contributed by atoms with E-state index in [2.05, 4.69) is 0 Å². The van der Waals surface area contributed by atoms with Gasteiger partial charge >= 0.3 is 0 Å². The molecule has 0 atom stereocenters. The van der Waals surface area contributed by atoms with Crippen LogP contribution in [0.1, 0.15) is 5.56 Å². The standard InChI is InChI=1S/C17H13ClN2O3S/c1-19-13(8-10-4-2-7-14(21)15(10)22)16(23)20(17(19)24)12-6-3-5-11(18)9-12/h2-9,21-22H,1H3/b13-8-. The van der Waals surface area contributed by atoms with Gasteiger partial charge in [-0.15, -0.1) is 0 Å². The maximum Gasteiger partial charge on any atom is 0.281 e. The van der Waals surface area contributed by atoms with Gasteiger partial charge in [0.2, 0.25) is 0 Å². The molecule has 1 fully saturated rings. The zero-order valence-corrected chi connectivity index (χ0v) is 14.2. The van der Waals surface area contributed by atoms with Crippen molar-refractivity contribution in [1.82, 2.24) is 4.90 Å². The highest BCUT2D eigenvalue weighted by Gasteiger charge is 2.37. The van der Waals surface area contributed by atoms with Gasteiger partial charge in [0.25, 0.3) is 5.91 Å². The molecule has 7 heteroatoms. The molecule has 5 nitrogen and oxygen atoms in total. The molecule has 2 aromatic carbocycles. The quantitative estimate of drug-likeness (QED) is 0.488. The average molecular weight is 361 g/mol. The average Bonchev–Trinajstić information content (AvgIpc) is 2.75. The summed E-state index contributed by atoms with van der Waals surface area (Å²) >= 11 is 11.3. The first-order valence-corrected chi connectivity index (χ1v) is 7.79. The minimum absolute atomic E-state index is 0.258. The number of benzene rings is 2. The summed E-state index contributed by atoms with van der Waals surface area (Å²) in [5, 5.41) is 20.3. The smallest absolute Gasteiger partial charge is 0.281 e. The van der Waals surface area contributed by atoms with Gasteiger partial charge in [0, 0.05) is 17.6 Å². The number of nitrogens with zero attached hydrogens (tertiary/aromatic N) is 2. The van der Waals surface area contributed by atoms with Crippen LogP contribution < -0.4 is 4.90 Å². The summed E-state index contributed by atoms with van der Waals surface area (Å²) in [6.45, 7) is 0. The number of anilines is 1. The molecule has 0 radical (unpaired) electrons. The summed E-state index contributed by atoms with van der Waals surface area (Å²) in [5.74, 6) is -0.891. The minimum Gasteiger partial charge on any atom is -0.504 e. The Morgan fingerprint density at radius 1 is 1.17 bits per heavy atom. The van der Waals surface area contributed by atoms with Crippen LogP contribution in [0.3, 0.4) is 0 Å². The van der Waals surface area contributed by atoms with Crippen molar-refractivity contribution in [3.63, 3.8) is 0 Å². The predicted molar refractivity (Wildman–Crippen MR) is 97.0 cm³/mol. The van der Waals surface area contributed by atoms with Gasteiger partial charge in [-0.25, -0.2) is 0 Å². The molecule has 1 heterocycles. The molecule has 3 rings (SSSR count). The number of para-hydroxylation sites is 1. The van der Waals surface area contributed by atoms with Crippen LogP contribution in [0, 0.1) is 0 Å². The first kappa shape index (κ1) is 16.3. The van der Waals surface area contributed by atoms with Gasteiger partial charge in [-0.2, -0.15) is 0 Å². The first-order valence-electron chi connectivity index (χ1n) is 7.00. The number of rotatable bonds is 2. The number of phenols is 2. The number of halogens is 1. The van der Waals surface area contributed by atoms with E-state index in [4.69, 9.17) is 23.8 Å². The Bertz CT molecular complexity index is 882. The lowest BCUT2D eigenvalue weighted by atomic mass is 10.1. The zero-order chi connectivity index (χ0) is 17.4. The maximum atomic E-state index is 12.8. The van der Waals surface area contributed by atoms with Crippen LogP contribution >= 0.6 is 23.8 Å². The minimum atomic E-state index is -0.340. The van der Waals surface area contributed by atoms with E-state index < -0.39 is 0 Å². The summed E-state index contributed by atoms with van der Waals surface area (Å²) < 4.78 is 0. The number of hydrogen-bond donors (Lipinski definition) is 2. The Morgan fingerprint density at radius 3 is 2.58 bits per heavy atom. The van der Waals surface area contributed by atoms with Gasteiger partial charge in [0.15, 0.2) is 16.6 Å². The van der Waals surface area contributed by atoms with Gasteiger partial charge in [-0.1, -0.05) is 29.8 Å². The molecule has 0 spiro atoms. The first-order chi connectivity index (χ1) is 11.4. The van der Waals surface area contributed by atoms with Crippen molar-refractivity contribution in [3.8, 4) is 11.5 Å². The summed E-state index contributed by atoms with van der Waals surface area (Å²) in [6, 6.07) is 11.4. The second kappa shape index (κ2) is 6.14. The van der Waals surface area contributed by atoms with Crippen LogP contribution in [-0.4, -0.2) is 33.2 Å². The number of aromatic hydroxyl groups is 2. The third-order valence-electron chi connectivity index (χ3n) is 3.67. The molecule has 1 aliphatic rings. The van der Waals surface area contributed by atoms with Crippen molar-refractivity contribution >= 4 is 46.6 Å². The number of likely N-dealkylation sites (N-methyl/N-ethyl adjacent to an activating group) is 1. The lowest BCUT2D eigenvalue weighted by molar-refractivity contribution is -0.114. The van der Waals surface area contributed by atoms with Crippen LogP contribution in [0.2, 0.25) is 5.02 Å². The van der Waals surface area contributed by atoms with Gasteiger partial charge in [-0.05, 0) is 42.6 Å². The van der Waals surface area contributed by atoms with Gasteiger partial charge in [-0.3, -0.25) is 9.69 Å². The van der Waals surface area contributed by atoms with Crippen LogP contribution in [0.5, 0.6) is 11.5 Å². The Morgan fingerprint density at radius 2 is 1.88 bits per heavy atom. The van der Waals surface area contributed by atoms with E-state index >= 15 is 0 Å². The molecule has 1 amide bonds. The molecule has 0 unspecified atom stereocenters. The molecule has 0 saturated carbocycles. The Kier molecular flexibility index (Phi) is 4.17. The van der Waals surface area contributed by atoms with Crippen molar-refractivity contribution in [2.45, 2.75) is 0 Å². The van der Waals surface area contributed by atoms with Crippen LogP contribution in [0.15, 0.2) is 48.2 Å². The van der Waals surface area contributed by atoms with Gasteiger partial charge in [0.1, 0.15) is 5.70 Å². The van der Waals surface area contributed by atoms with Crippen LogP contribution in [0.4, 0.5) is 5.69 Å². The highest BCUT2D eigenvalue weighted by Crippen LogP contribution is 2.33. The van der Waals surface area contributed by atoms with Crippen molar-refractivity contribution in [2.24, 2.45) is 0 Å².